The van der Waals surface area contributed by atoms with E-state index in [4.69, 9.17) is 14.2 Å². The second kappa shape index (κ2) is 8.32. The Balaban J connectivity index is 1.87. The Morgan fingerprint density at radius 2 is 1.88 bits per heavy atom. The summed E-state index contributed by atoms with van der Waals surface area (Å²) in [6, 6.07) is 14.1. The van der Waals surface area contributed by atoms with Gasteiger partial charge in [-0.25, -0.2) is 4.39 Å². The van der Waals surface area contributed by atoms with Gasteiger partial charge in [0.1, 0.15) is 18.2 Å². The van der Waals surface area contributed by atoms with Crippen LogP contribution in [-0.4, -0.2) is 25.8 Å². The smallest absolute Gasteiger partial charge is 0.316 e. The Hall–Kier alpha value is -2.40. The molecule has 26 heavy (non-hydrogen) atoms. The average Bonchev–Trinajstić information content (AvgIpc) is 2.67. The van der Waals surface area contributed by atoms with E-state index in [0.29, 0.717) is 44.0 Å². The van der Waals surface area contributed by atoms with Crippen LogP contribution in [0, 0.1) is 5.82 Å². The minimum atomic E-state index is -0.888. The third-order valence-corrected chi connectivity index (χ3v) is 4.68. The van der Waals surface area contributed by atoms with Crippen molar-refractivity contribution >= 4 is 5.97 Å². The predicted octanol–water partition coefficient (Wildman–Crippen LogP) is 4.02. The van der Waals surface area contributed by atoms with Crippen LogP contribution in [0.15, 0.2) is 48.5 Å². The average molecular weight is 358 g/mol. The number of halogens is 1. The summed E-state index contributed by atoms with van der Waals surface area (Å²) in [4.78, 5) is 12.7. The number of esters is 1. The van der Waals surface area contributed by atoms with Crippen molar-refractivity contribution < 1.29 is 23.4 Å². The van der Waals surface area contributed by atoms with E-state index in [0.717, 1.165) is 5.56 Å². The number of carbonyl (C=O) groups is 1. The lowest BCUT2D eigenvalue weighted by atomic mass is 9.74. The molecular weight excluding hydrogens is 335 g/mol. The quantitative estimate of drug-likeness (QED) is 0.732. The van der Waals surface area contributed by atoms with Crippen LogP contribution in [0.1, 0.15) is 30.9 Å². The van der Waals surface area contributed by atoms with Crippen molar-refractivity contribution in [3.8, 4) is 5.75 Å². The van der Waals surface area contributed by atoms with E-state index in [1.807, 2.05) is 30.3 Å². The van der Waals surface area contributed by atoms with E-state index in [1.165, 1.54) is 12.1 Å². The van der Waals surface area contributed by atoms with Gasteiger partial charge < -0.3 is 14.2 Å². The summed E-state index contributed by atoms with van der Waals surface area (Å²) in [5.74, 6) is -0.359. The zero-order valence-electron chi connectivity index (χ0n) is 14.9. The molecule has 138 valence electrons. The fourth-order valence-corrected chi connectivity index (χ4v) is 3.26. The minimum Gasteiger partial charge on any atom is -0.489 e. The lowest BCUT2D eigenvalue weighted by Gasteiger charge is -2.35. The third kappa shape index (κ3) is 4.05. The highest BCUT2D eigenvalue weighted by atomic mass is 19.1. The maximum atomic E-state index is 14.3. The van der Waals surface area contributed by atoms with Crippen LogP contribution >= 0.6 is 0 Å². The van der Waals surface area contributed by atoms with Gasteiger partial charge in [0.25, 0.3) is 0 Å². The van der Waals surface area contributed by atoms with Crippen molar-refractivity contribution in [2.45, 2.75) is 31.8 Å². The maximum Gasteiger partial charge on any atom is 0.316 e. The minimum absolute atomic E-state index is 0.286. The first-order chi connectivity index (χ1) is 12.6. The van der Waals surface area contributed by atoms with Gasteiger partial charge in [0, 0.05) is 19.3 Å². The summed E-state index contributed by atoms with van der Waals surface area (Å²) in [7, 11) is 0. The van der Waals surface area contributed by atoms with Crippen molar-refractivity contribution in [3.63, 3.8) is 0 Å². The number of rotatable bonds is 6. The van der Waals surface area contributed by atoms with Crippen LogP contribution in [0.3, 0.4) is 0 Å². The molecule has 2 aromatic carbocycles. The molecule has 4 nitrogen and oxygen atoms in total. The molecule has 1 aliphatic rings. The Morgan fingerprint density at radius 1 is 1.15 bits per heavy atom. The molecule has 0 N–H and O–H groups in total. The fourth-order valence-electron chi connectivity index (χ4n) is 3.26. The largest absolute Gasteiger partial charge is 0.489 e. The molecule has 0 aliphatic carbocycles. The Bertz CT molecular complexity index is 739. The van der Waals surface area contributed by atoms with Crippen LogP contribution < -0.4 is 4.74 Å². The molecule has 3 rings (SSSR count). The number of hydrogen-bond donors (Lipinski definition) is 0. The van der Waals surface area contributed by atoms with Gasteiger partial charge in [0.15, 0.2) is 0 Å². The van der Waals surface area contributed by atoms with Gasteiger partial charge in [-0.3, -0.25) is 4.79 Å². The second-order valence-electron chi connectivity index (χ2n) is 6.36. The van der Waals surface area contributed by atoms with Gasteiger partial charge in [0.2, 0.25) is 0 Å². The zero-order valence-corrected chi connectivity index (χ0v) is 14.9. The highest BCUT2D eigenvalue weighted by Crippen LogP contribution is 2.38. The molecule has 0 amide bonds. The molecule has 0 radical (unpaired) electrons. The molecule has 0 aromatic heterocycles. The van der Waals surface area contributed by atoms with Gasteiger partial charge in [-0.1, -0.05) is 30.3 Å². The van der Waals surface area contributed by atoms with Crippen molar-refractivity contribution in [1.29, 1.82) is 0 Å². The van der Waals surface area contributed by atoms with Crippen LogP contribution in [0.2, 0.25) is 0 Å². The first-order valence-electron chi connectivity index (χ1n) is 8.87. The van der Waals surface area contributed by atoms with E-state index in [-0.39, 0.29) is 12.6 Å². The maximum absolute atomic E-state index is 14.3. The van der Waals surface area contributed by atoms with E-state index in [1.54, 1.807) is 13.0 Å². The van der Waals surface area contributed by atoms with E-state index in [9.17, 15) is 9.18 Å². The van der Waals surface area contributed by atoms with Crippen molar-refractivity contribution in [2.24, 2.45) is 0 Å². The van der Waals surface area contributed by atoms with E-state index >= 15 is 0 Å². The Labute approximate surface area is 152 Å². The van der Waals surface area contributed by atoms with Gasteiger partial charge >= 0.3 is 5.97 Å². The van der Waals surface area contributed by atoms with Crippen LogP contribution in [0.4, 0.5) is 4.39 Å². The van der Waals surface area contributed by atoms with Gasteiger partial charge in [-0.05, 0) is 43.0 Å². The van der Waals surface area contributed by atoms with E-state index in [2.05, 4.69) is 0 Å². The molecule has 0 unspecified atom stereocenters. The molecule has 1 saturated heterocycles. The molecule has 1 fully saturated rings. The summed E-state index contributed by atoms with van der Waals surface area (Å²) in [6.07, 6.45) is 0.931. The summed E-state index contributed by atoms with van der Waals surface area (Å²) < 4.78 is 30.7. The van der Waals surface area contributed by atoms with Gasteiger partial charge in [-0.2, -0.15) is 0 Å². The number of ether oxygens (including phenoxy) is 3. The number of hydrogen-bond acceptors (Lipinski definition) is 4. The lowest BCUT2D eigenvalue weighted by molar-refractivity contribution is -0.154. The standard InChI is InChI=1S/C21H23FO4/c1-2-25-20(23)21(8-10-24-11-9-21)17-12-18(22)14-19(13-17)26-15-16-6-4-3-5-7-16/h3-7,12-14H,2,8-11,15H2,1H3. The molecule has 0 bridgehead atoms. The van der Waals surface area contributed by atoms with Gasteiger partial charge in [0.05, 0.1) is 12.0 Å². The molecular formula is C21H23FO4. The molecule has 1 aliphatic heterocycles. The topological polar surface area (TPSA) is 44.8 Å². The van der Waals surface area contributed by atoms with Crippen molar-refractivity contribution in [2.75, 3.05) is 19.8 Å². The molecule has 2 aromatic rings. The van der Waals surface area contributed by atoms with Crippen LogP contribution in [-0.2, 0) is 26.3 Å². The van der Waals surface area contributed by atoms with Crippen molar-refractivity contribution in [1.82, 2.24) is 0 Å². The summed E-state index contributed by atoms with van der Waals surface area (Å²) in [5.41, 5.74) is 0.688. The Morgan fingerprint density at radius 3 is 2.58 bits per heavy atom. The monoisotopic (exact) mass is 358 g/mol. The molecule has 0 saturated carbocycles. The molecule has 1 heterocycles. The summed E-state index contributed by atoms with van der Waals surface area (Å²) in [6.45, 7) is 3.27. The number of carbonyl (C=O) groups excluding carboxylic acids is 1. The first kappa shape index (κ1) is 18.4. The Kier molecular flexibility index (Phi) is 5.89. The second-order valence-corrected chi connectivity index (χ2v) is 6.36. The van der Waals surface area contributed by atoms with Crippen LogP contribution in [0.25, 0.3) is 0 Å². The summed E-state index contributed by atoms with van der Waals surface area (Å²) in [5, 5.41) is 0. The zero-order chi connectivity index (χ0) is 18.4. The fraction of sp³-hybridized carbons (Fsp3) is 0.381. The van der Waals surface area contributed by atoms with Crippen LogP contribution in [0.5, 0.6) is 5.75 Å². The SMILES string of the molecule is CCOC(=O)C1(c2cc(F)cc(OCc3ccccc3)c2)CCOCC1. The van der Waals surface area contributed by atoms with E-state index < -0.39 is 11.2 Å². The van der Waals surface area contributed by atoms with Gasteiger partial charge in [-0.15, -0.1) is 0 Å². The lowest BCUT2D eigenvalue weighted by Crippen LogP contribution is -2.42. The summed E-state index contributed by atoms with van der Waals surface area (Å²) >= 11 is 0. The van der Waals surface area contributed by atoms with Crippen molar-refractivity contribution in [3.05, 3.63) is 65.5 Å². The predicted molar refractivity (Wildman–Crippen MR) is 95.5 cm³/mol. The molecule has 5 heteroatoms. The molecule has 0 spiro atoms. The highest BCUT2D eigenvalue weighted by molar-refractivity contribution is 5.83. The number of benzene rings is 2. The normalized spacial score (nSPS) is 16.1. The third-order valence-electron chi connectivity index (χ3n) is 4.68. The molecule has 0 atom stereocenters. The first-order valence-corrected chi connectivity index (χ1v) is 8.87. The highest BCUT2D eigenvalue weighted by Gasteiger charge is 2.43.